The molecule has 0 amide bonds. The van der Waals surface area contributed by atoms with Gasteiger partial charge in [-0.15, -0.1) is 0 Å². The Balaban J connectivity index is 1.27. The molecule has 0 atom stereocenters. The van der Waals surface area contributed by atoms with Crippen molar-refractivity contribution in [1.29, 1.82) is 0 Å². The van der Waals surface area contributed by atoms with Gasteiger partial charge >= 0.3 is 0 Å². The van der Waals surface area contributed by atoms with Crippen LogP contribution in [0.1, 0.15) is 52.7 Å². The minimum Gasteiger partial charge on any atom is -0.307 e. The van der Waals surface area contributed by atoms with Gasteiger partial charge in [-0.05, 0) is 88.7 Å². The number of hydrogen-bond donors (Lipinski definition) is 0. The van der Waals surface area contributed by atoms with E-state index in [1.54, 1.807) is 0 Å². The molecule has 4 heterocycles. The van der Waals surface area contributed by atoms with Crippen molar-refractivity contribution in [2.24, 2.45) is 0 Å². The zero-order valence-corrected chi connectivity index (χ0v) is 40.9. The van der Waals surface area contributed by atoms with E-state index in [4.69, 9.17) is 9.97 Å². The van der Waals surface area contributed by atoms with Gasteiger partial charge in [0.1, 0.15) is 0 Å². The Morgan fingerprint density at radius 1 is 0.296 bits per heavy atom. The van der Waals surface area contributed by atoms with Crippen LogP contribution >= 0.6 is 0 Å². The van der Waals surface area contributed by atoms with E-state index in [2.05, 4.69) is 262 Å². The Morgan fingerprint density at radius 2 is 0.648 bits per heavy atom. The van der Waals surface area contributed by atoms with Crippen molar-refractivity contribution in [1.82, 2.24) is 23.7 Å². The number of nitrogens with zero attached hydrogens (tertiary/aromatic N) is 5. The van der Waals surface area contributed by atoms with Gasteiger partial charge in [-0.1, -0.05) is 187 Å². The molecule has 71 heavy (non-hydrogen) atoms. The van der Waals surface area contributed by atoms with E-state index < -0.39 is 0 Å². The summed E-state index contributed by atoms with van der Waals surface area (Å²) in [6.45, 7) is 13.9. The Hall–Kier alpha value is -8.54. The van der Waals surface area contributed by atoms with Gasteiger partial charge < -0.3 is 13.7 Å². The van der Waals surface area contributed by atoms with Crippen molar-refractivity contribution in [3.63, 3.8) is 0 Å². The van der Waals surface area contributed by atoms with Crippen molar-refractivity contribution in [3.8, 4) is 51.0 Å². The average Bonchev–Trinajstić information content (AvgIpc) is 4.03. The second kappa shape index (κ2) is 16.0. The first-order chi connectivity index (χ1) is 34.5. The van der Waals surface area contributed by atoms with Crippen LogP contribution in [0.4, 0.5) is 0 Å². The topological polar surface area (TPSA) is 40.6 Å². The van der Waals surface area contributed by atoms with Crippen LogP contribution in [0.2, 0.25) is 0 Å². The monoisotopic (exact) mass is 915 g/mol. The lowest BCUT2D eigenvalue weighted by Gasteiger charge is -2.24. The minimum atomic E-state index is -0.0527. The largest absolute Gasteiger partial charge is 0.307 e. The van der Waals surface area contributed by atoms with Gasteiger partial charge in [0.15, 0.2) is 5.82 Å². The first-order valence-electron chi connectivity index (χ1n) is 24.7. The predicted octanol–water partition coefficient (Wildman–Crippen LogP) is 17.4. The molecule has 5 nitrogen and oxygen atoms in total. The molecule has 0 N–H and O–H groups in total. The lowest BCUT2D eigenvalue weighted by Crippen LogP contribution is -2.12. The molecule has 342 valence electrons. The SMILES string of the molecule is CC(C)(C)c1ccc2c(c1)c1cc(C(C)(C)C)ccc1n2-c1c(-n2c3ccccc3c3ccccc32)cc(-c2cc(-c3ccccc3)nc(-c3ccccc3)n2)cc1-n1c2ccccc2c2ccccc21. The number of rotatable bonds is 6. The smallest absolute Gasteiger partial charge is 0.160 e. The molecular formula is C66H53N5. The third kappa shape index (κ3) is 6.90. The Labute approximate surface area is 413 Å². The molecule has 0 saturated carbocycles. The molecule has 0 fully saturated rings. The van der Waals surface area contributed by atoms with Gasteiger partial charge in [-0.2, -0.15) is 0 Å². The van der Waals surface area contributed by atoms with Crippen LogP contribution in [-0.4, -0.2) is 23.7 Å². The van der Waals surface area contributed by atoms with E-state index in [0.717, 1.165) is 78.2 Å². The zero-order valence-electron chi connectivity index (χ0n) is 40.9. The number of fused-ring (bicyclic) bond motifs is 9. The average molecular weight is 916 g/mol. The Morgan fingerprint density at radius 3 is 1.06 bits per heavy atom. The van der Waals surface area contributed by atoms with Crippen LogP contribution < -0.4 is 0 Å². The molecule has 4 aromatic heterocycles. The summed E-state index contributed by atoms with van der Waals surface area (Å²) < 4.78 is 7.57. The van der Waals surface area contributed by atoms with E-state index in [0.29, 0.717) is 5.82 Å². The summed E-state index contributed by atoms with van der Waals surface area (Å²) in [5.74, 6) is 0.676. The van der Waals surface area contributed by atoms with Crippen molar-refractivity contribution < 1.29 is 0 Å². The van der Waals surface area contributed by atoms with Gasteiger partial charge in [0.2, 0.25) is 0 Å². The predicted molar refractivity (Wildman–Crippen MR) is 299 cm³/mol. The second-order valence-corrected chi connectivity index (χ2v) is 21.1. The lowest BCUT2D eigenvalue weighted by atomic mass is 9.85. The summed E-state index contributed by atoms with van der Waals surface area (Å²) in [6, 6.07) is 77.5. The number of aromatic nitrogens is 5. The molecule has 0 aliphatic carbocycles. The van der Waals surface area contributed by atoms with Gasteiger partial charge in [0, 0.05) is 49.0 Å². The van der Waals surface area contributed by atoms with Gasteiger partial charge in [-0.25, -0.2) is 9.97 Å². The van der Waals surface area contributed by atoms with E-state index in [1.165, 1.54) is 43.4 Å². The summed E-state index contributed by atoms with van der Waals surface area (Å²) in [7, 11) is 0. The van der Waals surface area contributed by atoms with Crippen molar-refractivity contribution in [2.75, 3.05) is 0 Å². The molecule has 13 rings (SSSR count). The van der Waals surface area contributed by atoms with Crippen LogP contribution in [0.15, 0.2) is 212 Å². The van der Waals surface area contributed by atoms with Gasteiger partial charge in [0.25, 0.3) is 0 Å². The molecular weight excluding hydrogens is 863 g/mol. The van der Waals surface area contributed by atoms with Crippen LogP contribution in [0.3, 0.4) is 0 Å². The molecule has 0 aliphatic heterocycles. The number of para-hydroxylation sites is 4. The highest BCUT2D eigenvalue weighted by atomic mass is 15.1. The standard InChI is InChI=1S/C66H53N5/c1-65(2,3)45-33-35-59-51(39-45)52-40-46(66(4,5)6)34-36-60(52)71(59)63-61(69-55-29-17-13-25-47(55)48-26-14-18-30-56(48)69)37-44(38-62(63)70-57-31-19-15-27-49(57)50-28-16-20-32-58(50)70)54-41-53(42-21-9-7-10-22-42)67-64(68-54)43-23-11-8-12-24-43/h7-41H,1-6H3. The highest BCUT2D eigenvalue weighted by Crippen LogP contribution is 2.46. The first-order valence-corrected chi connectivity index (χ1v) is 24.7. The van der Waals surface area contributed by atoms with Gasteiger partial charge in [-0.3, -0.25) is 0 Å². The molecule has 9 aromatic carbocycles. The van der Waals surface area contributed by atoms with Crippen LogP contribution in [0.5, 0.6) is 0 Å². The minimum absolute atomic E-state index is 0.0527. The van der Waals surface area contributed by atoms with Crippen molar-refractivity contribution >= 4 is 65.4 Å². The maximum Gasteiger partial charge on any atom is 0.160 e. The molecule has 0 radical (unpaired) electrons. The molecule has 0 aliphatic rings. The molecule has 0 bridgehead atoms. The third-order valence-corrected chi connectivity index (χ3v) is 14.6. The Bertz CT molecular complexity index is 3860. The molecule has 0 saturated heterocycles. The fraction of sp³-hybridized carbons (Fsp3) is 0.121. The normalized spacial score (nSPS) is 12.4. The van der Waals surface area contributed by atoms with Crippen molar-refractivity contribution in [2.45, 2.75) is 52.4 Å². The maximum absolute atomic E-state index is 5.51. The first kappa shape index (κ1) is 42.6. The van der Waals surface area contributed by atoms with Crippen LogP contribution in [0, 0.1) is 0 Å². The van der Waals surface area contributed by atoms with E-state index in [9.17, 15) is 0 Å². The molecule has 0 unspecified atom stereocenters. The fourth-order valence-corrected chi connectivity index (χ4v) is 11.0. The third-order valence-electron chi connectivity index (χ3n) is 14.6. The van der Waals surface area contributed by atoms with Crippen LogP contribution in [0.25, 0.3) is 116 Å². The number of benzene rings is 9. The zero-order chi connectivity index (χ0) is 48.2. The fourth-order valence-electron chi connectivity index (χ4n) is 11.0. The van der Waals surface area contributed by atoms with Crippen molar-refractivity contribution in [3.05, 3.63) is 223 Å². The molecule has 13 aromatic rings. The summed E-state index contributed by atoms with van der Waals surface area (Å²) in [4.78, 5) is 10.8. The Kier molecular flexibility index (Phi) is 9.60. The number of hydrogen-bond acceptors (Lipinski definition) is 2. The summed E-state index contributed by atoms with van der Waals surface area (Å²) in [5.41, 5.74) is 17.1. The highest BCUT2D eigenvalue weighted by Gasteiger charge is 2.28. The van der Waals surface area contributed by atoms with E-state index in [-0.39, 0.29) is 10.8 Å². The maximum atomic E-state index is 5.51. The van der Waals surface area contributed by atoms with E-state index >= 15 is 0 Å². The second-order valence-electron chi connectivity index (χ2n) is 21.1. The van der Waals surface area contributed by atoms with Crippen LogP contribution in [-0.2, 0) is 10.8 Å². The summed E-state index contributed by atoms with van der Waals surface area (Å²) >= 11 is 0. The van der Waals surface area contributed by atoms with E-state index in [1.807, 2.05) is 6.07 Å². The summed E-state index contributed by atoms with van der Waals surface area (Å²) in [6.07, 6.45) is 0. The quantitative estimate of drug-likeness (QED) is 0.167. The summed E-state index contributed by atoms with van der Waals surface area (Å²) in [5, 5.41) is 7.27. The molecule has 0 spiro atoms. The highest BCUT2D eigenvalue weighted by molar-refractivity contribution is 6.14. The molecule has 5 heteroatoms. The lowest BCUT2D eigenvalue weighted by molar-refractivity contribution is 0.590. The van der Waals surface area contributed by atoms with Gasteiger partial charge in [0.05, 0.1) is 61.6 Å².